The standard InChI is InChI=1S/C18H22N2O/c1-3-20(17-10-5-4-6-11-17)14-18(21)19-13-16-9-7-8-15(2)12-16/h4-12H,3,13-14H2,1-2H3,(H,19,21). The smallest absolute Gasteiger partial charge is 0.239 e. The summed E-state index contributed by atoms with van der Waals surface area (Å²) in [6.45, 7) is 5.88. The second-order valence-electron chi connectivity index (χ2n) is 5.12. The number of anilines is 1. The van der Waals surface area contributed by atoms with Crippen molar-refractivity contribution >= 4 is 11.6 Å². The highest BCUT2D eigenvalue weighted by Crippen LogP contribution is 2.12. The van der Waals surface area contributed by atoms with E-state index in [1.165, 1.54) is 5.56 Å². The molecular formula is C18H22N2O. The fourth-order valence-corrected chi connectivity index (χ4v) is 2.28. The van der Waals surface area contributed by atoms with Crippen LogP contribution in [-0.2, 0) is 11.3 Å². The second kappa shape index (κ2) is 7.48. The van der Waals surface area contributed by atoms with Crippen LogP contribution in [0.15, 0.2) is 54.6 Å². The molecule has 0 unspecified atom stereocenters. The molecule has 0 saturated heterocycles. The van der Waals surface area contributed by atoms with Crippen LogP contribution in [0.5, 0.6) is 0 Å². The number of carbonyl (C=O) groups excluding carboxylic acids is 1. The van der Waals surface area contributed by atoms with E-state index in [1.807, 2.05) is 42.5 Å². The van der Waals surface area contributed by atoms with Crippen molar-refractivity contribution in [2.75, 3.05) is 18.0 Å². The van der Waals surface area contributed by atoms with Crippen LogP contribution >= 0.6 is 0 Å². The molecule has 1 amide bonds. The minimum atomic E-state index is 0.0437. The zero-order valence-electron chi connectivity index (χ0n) is 12.7. The predicted molar refractivity (Wildman–Crippen MR) is 87.4 cm³/mol. The fraction of sp³-hybridized carbons (Fsp3) is 0.278. The molecule has 0 aliphatic rings. The van der Waals surface area contributed by atoms with Crippen molar-refractivity contribution in [1.29, 1.82) is 0 Å². The van der Waals surface area contributed by atoms with Crippen LogP contribution in [0.3, 0.4) is 0 Å². The van der Waals surface area contributed by atoms with Gasteiger partial charge < -0.3 is 10.2 Å². The molecule has 2 aromatic rings. The molecule has 0 radical (unpaired) electrons. The lowest BCUT2D eigenvalue weighted by Crippen LogP contribution is -2.36. The summed E-state index contributed by atoms with van der Waals surface area (Å²) in [6, 6.07) is 18.2. The topological polar surface area (TPSA) is 32.3 Å². The van der Waals surface area contributed by atoms with Gasteiger partial charge in [-0.1, -0.05) is 48.0 Å². The highest BCUT2D eigenvalue weighted by molar-refractivity contribution is 5.81. The third-order valence-corrected chi connectivity index (χ3v) is 3.41. The summed E-state index contributed by atoms with van der Waals surface area (Å²) in [6.07, 6.45) is 0. The first-order valence-corrected chi connectivity index (χ1v) is 7.31. The number of benzene rings is 2. The number of nitrogens with zero attached hydrogens (tertiary/aromatic N) is 1. The molecule has 0 bridgehead atoms. The first-order chi connectivity index (χ1) is 10.2. The van der Waals surface area contributed by atoms with Crippen molar-refractivity contribution in [1.82, 2.24) is 5.32 Å². The van der Waals surface area contributed by atoms with Crippen LogP contribution < -0.4 is 10.2 Å². The van der Waals surface area contributed by atoms with E-state index in [2.05, 4.69) is 36.2 Å². The van der Waals surface area contributed by atoms with Gasteiger partial charge in [0.05, 0.1) is 6.54 Å². The molecule has 3 heteroatoms. The molecule has 0 spiro atoms. The lowest BCUT2D eigenvalue weighted by atomic mass is 10.1. The van der Waals surface area contributed by atoms with Crippen LogP contribution in [-0.4, -0.2) is 19.0 Å². The molecule has 0 fully saturated rings. The van der Waals surface area contributed by atoms with Gasteiger partial charge in [-0.3, -0.25) is 4.79 Å². The Bertz CT molecular complexity index is 581. The number of hydrogen-bond donors (Lipinski definition) is 1. The number of likely N-dealkylation sites (N-methyl/N-ethyl adjacent to an activating group) is 1. The normalized spacial score (nSPS) is 10.2. The lowest BCUT2D eigenvalue weighted by Gasteiger charge is -2.22. The SMILES string of the molecule is CCN(CC(=O)NCc1cccc(C)c1)c1ccccc1. The van der Waals surface area contributed by atoms with Crippen LogP contribution in [0.1, 0.15) is 18.1 Å². The predicted octanol–water partition coefficient (Wildman–Crippen LogP) is 3.14. The van der Waals surface area contributed by atoms with E-state index in [1.54, 1.807) is 0 Å². The van der Waals surface area contributed by atoms with Gasteiger partial charge in [-0.05, 0) is 31.5 Å². The average Bonchev–Trinajstić information content (AvgIpc) is 2.51. The van der Waals surface area contributed by atoms with E-state index in [9.17, 15) is 4.79 Å². The maximum Gasteiger partial charge on any atom is 0.239 e. The molecule has 0 aromatic heterocycles. The Kier molecular flexibility index (Phi) is 5.38. The molecule has 0 atom stereocenters. The van der Waals surface area contributed by atoms with Crippen molar-refractivity contribution in [3.8, 4) is 0 Å². The summed E-state index contributed by atoms with van der Waals surface area (Å²) in [5, 5.41) is 2.98. The summed E-state index contributed by atoms with van der Waals surface area (Å²) in [5.74, 6) is 0.0437. The monoisotopic (exact) mass is 282 g/mol. The van der Waals surface area contributed by atoms with E-state index in [-0.39, 0.29) is 5.91 Å². The third-order valence-electron chi connectivity index (χ3n) is 3.41. The summed E-state index contributed by atoms with van der Waals surface area (Å²) < 4.78 is 0. The molecule has 0 aliphatic heterocycles. The van der Waals surface area contributed by atoms with E-state index >= 15 is 0 Å². The van der Waals surface area contributed by atoms with Gasteiger partial charge in [0.2, 0.25) is 5.91 Å². The van der Waals surface area contributed by atoms with Crippen LogP contribution in [0, 0.1) is 6.92 Å². The van der Waals surface area contributed by atoms with Gasteiger partial charge in [0.15, 0.2) is 0 Å². The van der Waals surface area contributed by atoms with E-state index in [0.717, 1.165) is 17.8 Å². The van der Waals surface area contributed by atoms with Crippen molar-refractivity contribution in [3.05, 3.63) is 65.7 Å². The number of hydrogen-bond acceptors (Lipinski definition) is 2. The van der Waals surface area contributed by atoms with E-state index < -0.39 is 0 Å². The summed E-state index contributed by atoms with van der Waals surface area (Å²) >= 11 is 0. The number of para-hydroxylation sites is 1. The van der Waals surface area contributed by atoms with Crippen LogP contribution in [0.2, 0.25) is 0 Å². The van der Waals surface area contributed by atoms with Gasteiger partial charge in [0.25, 0.3) is 0 Å². The third kappa shape index (κ3) is 4.63. The molecule has 1 N–H and O–H groups in total. The Morgan fingerprint density at radius 3 is 2.52 bits per heavy atom. The molecule has 0 heterocycles. The van der Waals surface area contributed by atoms with Gasteiger partial charge in [-0.2, -0.15) is 0 Å². The van der Waals surface area contributed by atoms with Gasteiger partial charge in [0, 0.05) is 18.8 Å². The molecule has 3 nitrogen and oxygen atoms in total. The zero-order valence-corrected chi connectivity index (χ0v) is 12.7. The molecular weight excluding hydrogens is 260 g/mol. The highest BCUT2D eigenvalue weighted by Gasteiger charge is 2.09. The fourth-order valence-electron chi connectivity index (χ4n) is 2.28. The molecule has 110 valence electrons. The van der Waals surface area contributed by atoms with Crippen LogP contribution in [0.4, 0.5) is 5.69 Å². The van der Waals surface area contributed by atoms with E-state index in [0.29, 0.717) is 13.1 Å². The summed E-state index contributed by atoms with van der Waals surface area (Å²) in [5.41, 5.74) is 3.41. The number of rotatable bonds is 6. The maximum atomic E-state index is 12.1. The largest absolute Gasteiger partial charge is 0.363 e. The summed E-state index contributed by atoms with van der Waals surface area (Å²) in [7, 11) is 0. The maximum absolute atomic E-state index is 12.1. The summed E-state index contributed by atoms with van der Waals surface area (Å²) in [4.78, 5) is 14.2. The van der Waals surface area contributed by atoms with Crippen molar-refractivity contribution < 1.29 is 4.79 Å². The van der Waals surface area contributed by atoms with Crippen molar-refractivity contribution in [3.63, 3.8) is 0 Å². The first-order valence-electron chi connectivity index (χ1n) is 7.31. The minimum absolute atomic E-state index is 0.0437. The quantitative estimate of drug-likeness (QED) is 0.883. The van der Waals surface area contributed by atoms with Crippen molar-refractivity contribution in [2.45, 2.75) is 20.4 Å². The molecule has 2 rings (SSSR count). The second-order valence-corrected chi connectivity index (χ2v) is 5.12. The Morgan fingerprint density at radius 2 is 1.86 bits per heavy atom. The van der Waals surface area contributed by atoms with Crippen LogP contribution in [0.25, 0.3) is 0 Å². The van der Waals surface area contributed by atoms with E-state index in [4.69, 9.17) is 0 Å². The molecule has 0 saturated carbocycles. The molecule has 0 aliphatic carbocycles. The average molecular weight is 282 g/mol. The zero-order chi connectivity index (χ0) is 15.1. The first kappa shape index (κ1) is 15.1. The Hall–Kier alpha value is -2.29. The minimum Gasteiger partial charge on any atom is -0.363 e. The molecule has 2 aromatic carbocycles. The van der Waals surface area contributed by atoms with Gasteiger partial charge in [-0.25, -0.2) is 0 Å². The van der Waals surface area contributed by atoms with Gasteiger partial charge >= 0.3 is 0 Å². The van der Waals surface area contributed by atoms with Crippen molar-refractivity contribution in [2.24, 2.45) is 0 Å². The Labute approximate surface area is 126 Å². The number of aryl methyl sites for hydroxylation is 1. The number of nitrogens with one attached hydrogen (secondary N) is 1. The lowest BCUT2D eigenvalue weighted by molar-refractivity contribution is -0.119. The number of amides is 1. The highest BCUT2D eigenvalue weighted by atomic mass is 16.2. The van der Waals surface area contributed by atoms with Gasteiger partial charge in [-0.15, -0.1) is 0 Å². The van der Waals surface area contributed by atoms with Gasteiger partial charge in [0.1, 0.15) is 0 Å². The Balaban J connectivity index is 1.89. The Morgan fingerprint density at radius 1 is 1.10 bits per heavy atom. The number of carbonyl (C=O) groups is 1. The molecule has 21 heavy (non-hydrogen) atoms.